The molecular formula is C43H86O4. The molecule has 0 amide bonds. The maximum Gasteiger partial charge on any atom is 0.0436 e. The molecular weight excluding hydrogens is 580 g/mol. The summed E-state index contributed by atoms with van der Waals surface area (Å²) in [5.74, 6) is 0. The third kappa shape index (κ3) is 22.3. The smallest absolute Gasteiger partial charge is 0.0436 e. The molecule has 1 aliphatic rings. The van der Waals surface area contributed by atoms with E-state index >= 15 is 0 Å². The molecule has 0 aromatic heterocycles. The molecule has 1 fully saturated rings. The van der Waals surface area contributed by atoms with Gasteiger partial charge in [0.1, 0.15) is 0 Å². The van der Waals surface area contributed by atoms with Crippen molar-refractivity contribution in [1.29, 1.82) is 0 Å². The average molecular weight is 667 g/mol. The van der Waals surface area contributed by atoms with Gasteiger partial charge in [0.25, 0.3) is 0 Å². The second-order valence-electron chi connectivity index (χ2n) is 15.9. The second-order valence-corrected chi connectivity index (χ2v) is 15.9. The van der Waals surface area contributed by atoms with Crippen LogP contribution in [-0.2, 0) is 0 Å². The predicted octanol–water partition coefficient (Wildman–Crippen LogP) is 12.4. The van der Waals surface area contributed by atoms with Crippen molar-refractivity contribution in [2.45, 2.75) is 238 Å². The van der Waals surface area contributed by atoms with E-state index in [0.717, 1.165) is 25.7 Å². The van der Waals surface area contributed by atoms with Gasteiger partial charge >= 0.3 is 0 Å². The molecule has 1 aliphatic carbocycles. The normalized spacial score (nSPS) is 23.2. The first kappa shape index (κ1) is 44.9. The van der Waals surface area contributed by atoms with Crippen LogP contribution in [0.3, 0.4) is 0 Å². The highest BCUT2D eigenvalue weighted by Crippen LogP contribution is 2.56. The lowest BCUT2D eigenvalue weighted by Gasteiger charge is -2.52. The van der Waals surface area contributed by atoms with Crippen LogP contribution in [0.15, 0.2) is 0 Å². The third-order valence-electron chi connectivity index (χ3n) is 12.3. The number of hydrogen-bond donors (Lipinski definition) is 4. The highest BCUT2D eigenvalue weighted by atomic mass is 16.3. The quantitative estimate of drug-likeness (QED) is 0.208. The SMILES string of the molecule is OCCC1(CCO)CCCCCCCCCCCCCCCCCCCCCCCCCCCCCCCCCC1(CCO)CCO. The molecule has 0 atom stereocenters. The lowest BCUT2D eigenvalue weighted by molar-refractivity contribution is -0.0601. The molecule has 0 aromatic rings. The summed E-state index contributed by atoms with van der Waals surface area (Å²) in [7, 11) is 0. The van der Waals surface area contributed by atoms with E-state index in [-0.39, 0.29) is 37.3 Å². The molecule has 0 saturated heterocycles. The first-order valence-electron chi connectivity index (χ1n) is 21.6. The fourth-order valence-electron chi connectivity index (χ4n) is 9.25. The van der Waals surface area contributed by atoms with Crippen molar-refractivity contribution in [1.82, 2.24) is 0 Å². The summed E-state index contributed by atoms with van der Waals surface area (Å²) < 4.78 is 0. The Bertz CT molecular complexity index is 559. The van der Waals surface area contributed by atoms with Crippen LogP contribution >= 0.6 is 0 Å². The molecule has 4 nitrogen and oxygen atoms in total. The van der Waals surface area contributed by atoms with Crippen molar-refractivity contribution < 1.29 is 20.4 Å². The standard InChI is InChI=1S/C43H86O4/c44-38-34-42(35-39-45)32-30-28-26-24-22-20-18-16-14-12-10-8-6-4-2-1-3-5-7-9-11-13-15-17-19-21-23-25-27-29-31-33-43(42,36-40-46)37-41-47/h44-47H,1-41H2. The summed E-state index contributed by atoms with van der Waals surface area (Å²) in [6, 6.07) is 0. The lowest BCUT2D eigenvalue weighted by Crippen LogP contribution is -2.45. The van der Waals surface area contributed by atoms with E-state index in [2.05, 4.69) is 0 Å². The van der Waals surface area contributed by atoms with E-state index in [1.807, 2.05) is 0 Å². The molecule has 0 aliphatic heterocycles. The minimum Gasteiger partial charge on any atom is -0.396 e. The molecule has 47 heavy (non-hydrogen) atoms. The van der Waals surface area contributed by atoms with E-state index in [1.54, 1.807) is 0 Å². The summed E-state index contributed by atoms with van der Waals surface area (Å²) in [4.78, 5) is 0. The minimum atomic E-state index is -0.224. The zero-order valence-corrected chi connectivity index (χ0v) is 31.8. The Morgan fingerprint density at radius 1 is 0.213 bits per heavy atom. The van der Waals surface area contributed by atoms with Crippen molar-refractivity contribution in [3.63, 3.8) is 0 Å². The van der Waals surface area contributed by atoms with E-state index < -0.39 is 0 Å². The highest BCUT2D eigenvalue weighted by Gasteiger charge is 2.48. The summed E-state index contributed by atoms with van der Waals surface area (Å²) in [5, 5.41) is 41.0. The van der Waals surface area contributed by atoms with Gasteiger partial charge in [-0.1, -0.05) is 199 Å². The average Bonchev–Trinajstić information content (AvgIpc) is 3.06. The molecule has 0 radical (unpaired) electrons. The van der Waals surface area contributed by atoms with Crippen LogP contribution in [0, 0.1) is 10.8 Å². The Labute approximate surface area is 294 Å². The van der Waals surface area contributed by atoms with Crippen LogP contribution in [0.4, 0.5) is 0 Å². The van der Waals surface area contributed by atoms with Crippen molar-refractivity contribution in [2.75, 3.05) is 26.4 Å². The van der Waals surface area contributed by atoms with Crippen LogP contribution in [-0.4, -0.2) is 46.9 Å². The van der Waals surface area contributed by atoms with Crippen molar-refractivity contribution in [3.05, 3.63) is 0 Å². The maximum atomic E-state index is 10.2. The van der Waals surface area contributed by atoms with E-state index in [0.29, 0.717) is 25.7 Å². The fraction of sp³-hybridized carbons (Fsp3) is 1.00. The molecule has 0 aromatic carbocycles. The summed E-state index contributed by atoms with van der Waals surface area (Å²) in [6.45, 7) is 0.439. The molecule has 0 heterocycles. The van der Waals surface area contributed by atoms with Gasteiger partial charge < -0.3 is 20.4 Å². The summed E-state index contributed by atoms with van der Waals surface area (Å²) >= 11 is 0. The molecule has 282 valence electrons. The second kappa shape index (κ2) is 33.0. The third-order valence-corrected chi connectivity index (χ3v) is 12.3. The van der Waals surface area contributed by atoms with E-state index in [4.69, 9.17) is 0 Å². The predicted molar refractivity (Wildman–Crippen MR) is 204 cm³/mol. The monoisotopic (exact) mass is 667 g/mol. The first-order chi connectivity index (χ1) is 23.2. The number of aliphatic hydroxyl groups excluding tert-OH is 4. The van der Waals surface area contributed by atoms with Crippen molar-refractivity contribution in [3.8, 4) is 0 Å². The first-order valence-corrected chi connectivity index (χ1v) is 21.6. The van der Waals surface area contributed by atoms with Gasteiger partial charge in [0.15, 0.2) is 0 Å². The largest absolute Gasteiger partial charge is 0.396 e. The maximum absolute atomic E-state index is 10.2. The number of hydrogen-bond acceptors (Lipinski definition) is 4. The number of aliphatic hydroxyl groups is 4. The van der Waals surface area contributed by atoms with Gasteiger partial charge in [0.05, 0.1) is 0 Å². The topological polar surface area (TPSA) is 80.9 Å². The molecule has 1 saturated carbocycles. The van der Waals surface area contributed by atoms with E-state index in [9.17, 15) is 20.4 Å². The Kier molecular flexibility index (Phi) is 31.5. The molecule has 0 spiro atoms. The molecule has 0 unspecified atom stereocenters. The van der Waals surface area contributed by atoms with E-state index in [1.165, 1.54) is 186 Å². The zero-order valence-electron chi connectivity index (χ0n) is 31.8. The van der Waals surface area contributed by atoms with Gasteiger partial charge in [-0.15, -0.1) is 0 Å². The van der Waals surface area contributed by atoms with Crippen LogP contribution < -0.4 is 0 Å². The molecule has 0 bridgehead atoms. The summed E-state index contributed by atoms with van der Waals surface area (Å²) in [6.07, 6.45) is 47.0. The Balaban J connectivity index is 2.64. The fourth-order valence-corrected chi connectivity index (χ4v) is 9.25. The Morgan fingerprint density at radius 2 is 0.340 bits per heavy atom. The van der Waals surface area contributed by atoms with Crippen LogP contribution in [0.2, 0.25) is 0 Å². The van der Waals surface area contributed by atoms with Gasteiger partial charge in [-0.05, 0) is 49.4 Å². The zero-order chi connectivity index (χ0) is 34.0. The van der Waals surface area contributed by atoms with Crippen LogP contribution in [0.25, 0.3) is 0 Å². The number of rotatable bonds is 8. The van der Waals surface area contributed by atoms with Gasteiger partial charge in [0.2, 0.25) is 0 Å². The lowest BCUT2D eigenvalue weighted by atomic mass is 9.53. The Morgan fingerprint density at radius 3 is 0.468 bits per heavy atom. The van der Waals surface area contributed by atoms with Gasteiger partial charge in [-0.25, -0.2) is 0 Å². The minimum absolute atomic E-state index is 0.110. The highest BCUT2D eigenvalue weighted by molar-refractivity contribution is 4.98. The van der Waals surface area contributed by atoms with Gasteiger partial charge in [-0.2, -0.15) is 0 Å². The Hall–Kier alpha value is -0.160. The van der Waals surface area contributed by atoms with Crippen LogP contribution in [0.5, 0.6) is 0 Å². The molecule has 4 heteroatoms. The van der Waals surface area contributed by atoms with Crippen molar-refractivity contribution >= 4 is 0 Å². The molecule has 1 rings (SSSR count). The van der Waals surface area contributed by atoms with Crippen LogP contribution in [0.1, 0.15) is 238 Å². The van der Waals surface area contributed by atoms with Gasteiger partial charge in [0, 0.05) is 26.4 Å². The summed E-state index contributed by atoms with van der Waals surface area (Å²) in [5.41, 5.74) is -0.448. The van der Waals surface area contributed by atoms with Gasteiger partial charge in [-0.3, -0.25) is 0 Å². The molecule has 4 N–H and O–H groups in total. The van der Waals surface area contributed by atoms with Crippen molar-refractivity contribution in [2.24, 2.45) is 10.8 Å².